The van der Waals surface area contributed by atoms with Gasteiger partial charge in [0.15, 0.2) is 5.17 Å². The first-order valence-electron chi connectivity index (χ1n) is 12.7. The molecular weight excluding hydrogens is 556 g/mol. The molecule has 1 saturated carbocycles. The predicted molar refractivity (Wildman–Crippen MR) is 139 cm³/mol. The Morgan fingerprint density at radius 3 is 2.40 bits per heavy atom. The lowest BCUT2D eigenvalue weighted by Gasteiger charge is -2.35. The number of hydrogen-bond acceptors (Lipinski definition) is 5. The van der Waals surface area contributed by atoms with Gasteiger partial charge in [0.05, 0.1) is 27.7 Å². The van der Waals surface area contributed by atoms with Crippen LogP contribution in [-0.4, -0.2) is 63.3 Å². The Bertz CT molecular complexity index is 1530. The maximum absolute atomic E-state index is 14.0. The van der Waals surface area contributed by atoms with E-state index in [-0.39, 0.29) is 22.1 Å². The third-order valence-corrected chi connectivity index (χ3v) is 8.56. The number of piperazine rings is 1. The second-order valence-electron chi connectivity index (χ2n) is 10.1. The largest absolute Gasteiger partial charge is 0.416 e. The van der Waals surface area contributed by atoms with E-state index in [4.69, 9.17) is 0 Å². The molecule has 6 nitrogen and oxygen atoms in total. The van der Waals surface area contributed by atoms with Crippen LogP contribution in [0, 0.1) is 0 Å². The van der Waals surface area contributed by atoms with Gasteiger partial charge in [-0.1, -0.05) is 12.1 Å². The van der Waals surface area contributed by atoms with E-state index in [1.54, 1.807) is 24.4 Å². The minimum atomic E-state index is -5.03. The van der Waals surface area contributed by atoms with Crippen LogP contribution in [0.1, 0.15) is 35.1 Å². The molecule has 1 N–H and O–H groups in total. The zero-order valence-corrected chi connectivity index (χ0v) is 21.8. The molecule has 0 unspecified atom stereocenters. The van der Waals surface area contributed by atoms with Gasteiger partial charge in [0.2, 0.25) is 0 Å². The van der Waals surface area contributed by atoms with Crippen molar-refractivity contribution in [1.29, 1.82) is 0 Å². The van der Waals surface area contributed by atoms with Gasteiger partial charge in [-0.15, -0.1) is 0 Å². The van der Waals surface area contributed by atoms with Gasteiger partial charge < -0.3 is 4.90 Å². The Balaban J connectivity index is 1.38. The molecule has 1 saturated heterocycles. The number of carbonyl (C=O) groups excluding carboxylic acids is 1. The molecule has 13 heteroatoms. The summed E-state index contributed by atoms with van der Waals surface area (Å²) < 4.78 is 81.8. The van der Waals surface area contributed by atoms with E-state index >= 15 is 0 Å². The molecule has 3 heterocycles. The van der Waals surface area contributed by atoms with Gasteiger partial charge in [-0.25, -0.2) is 0 Å². The average molecular weight is 580 g/mol. The number of nitrogens with zero attached hydrogens (tertiary/aromatic N) is 4. The van der Waals surface area contributed by atoms with E-state index in [0.717, 1.165) is 30.9 Å². The topological polar surface area (TPSA) is 64.6 Å². The Morgan fingerprint density at radius 2 is 1.73 bits per heavy atom. The first-order chi connectivity index (χ1) is 19.0. The third-order valence-electron chi connectivity index (χ3n) is 7.41. The minimum absolute atomic E-state index is 0.127. The number of carbonyl (C=O) groups is 1. The number of aromatic amines is 1. The Kier molecular flexibility index (Phi) is 6.68. The lowest BCUT2D eigenvalue weighted by Crippen LogP contribution is -2.48. The van der Waals surface area contributed by atoms with Crippen LogP contribution in [0.5, 0.6) is 0 Å². The van der Waals surface area contributed by atoms with E-state index in [0.29, 0.717) is 46.8 Å². The van der Waals surface area contributed by atoms with Crippen molar-refractivity contribution in [2.24, 2.45) is 4.99 Å². The van der Waals surface area contributed by atoms with Crippen molar-refractivity contribution in [2.75, 3.05) is 26.2 Å². The van der Waals surface area contributed by atoms with Gasteiger partial charge >= 0.3 is 12.4 Å². The van der Waals surface area contributed by atoms with Gasteiger partial charge in [-0.3, -0.25) is 14.8 Å². The number of amides is 1. The van der Waals surface area contributed by atoms with Crippen LogP contribution in [0.3, 0.4) is 0 Å². The minimum Gasteiger partial charge on any atom is -0.348 e. The second kappa shape index (κ2) is 9.95. The molecule has 210 valence electrons. The SMILES string of the molecule is O=C1N=C(N2CCN(C3CC3)CC2)SC1=C(Cc1ccc(C(F)(F)F)cc1C(F)(F)F)c1ccc2[nH]ncc2c1. The van der Waals surface area contributed by atoms with Crippen molar-refractivity contribution in [3.8, 4) is 0 Å². The molecule has 1 aliphatic carbocycles. The summed E-state index contributed by atoms with van der Waals surface area (Å²) in [6.45, 7) is 3.02. The number of aliphatic imine (C=N–C) groups is 1. The molecule has 1 amide bonds. The summed E-state index contributed by atoms with van der Waals surface area (Å²) in [5.74, 6) is -0.576. The van der Waals surface area contributed by atoms with Crippen LogP contribution in [-0.2, 0) is 23.6 Å². The number of allylic oxidation sites excluding steroid dienone is 1. The van der Waals surface area contributed by atoms with Gasteiger partial charge in [-0.2, -0.15) is 36.4 Å². The van der Waals surface area contributed by atoms with E-state index in [2.05, 4.69) is 20.1 Å². The number of alkyl halides is 6. The average Bonchev–Trinajstić information content (AvgIpc) is 3.53. The summed E-state index contributed by atoms with van der Waals surface area (Å²) in [7, 11) is 0. The van der Waals surface area contributed by atoms with Crippen molar-refractivity contribution < 1.29 is 31.1 Å². The Hall–Kier alpha value is -3.32. The van der Waals surface area contributed by atoms with Crippen LogP contribution in [0.15, 0.2) is 52.5 Å². The van der Waals surface area contributed by atoms with E-state index < -0.39 is 35.8 Å². The molecule has 0 radical (unpaired) electrons. The van der Waals surface area contributed by atoms with E-state index in [1.165, 1.54) is 12.8 Å². The van der Waals surface area contributed by atoms with Gasteiger partial charge in [-0.05, 0) is 72.0 Å². The molecule has 0 atom stereocenters. The number of thioether (sulfide) groups is 1. The smallest absolute Gasteiger partial charge is 0.348 e. The lowest BCUT2D eigenvalue weighted by atomic mass is 9.92. The fourth-order valence-corrected chi connectivity index (χ4v) is 6.21. The van der Waals surface area contributed by atoms with Crippen molar-refractivity contribution >= 4 is 39.3 Å². The Labute approximate surface area is 229 Å². The number of aromatic nitrogens is 2. The van der Waals surface area contributed by atoms with Crippen LogP contribution in [0.25, 0.3) is 16.5 Å². The maximum atomic E-state index is 14.0. The number of benzene rings is 2. The number of H-pyrrole nitrogens is 1. The summed E-state index contributed by atoms with van der Waals surface area (Å²) in [6.07, 6.45) is -6.45. The lowest BCUT2D eigenvalue weighted by molar-refractivity contribution is -0.143. The summed E-state index contributed by atoms with van der Waals surface area (Å²) in [5.41, 5.74) is -1.73. The highest BCUT2D eigenvalue weighted by Crippen LogP contribution is 2.42. The monoisotopic (exact) mass is 579 g/mol. The van der Waals surface area contributed by atoms with Gasteiger partial charge in [0.1, 0.15) is 0 Å². The second-order valence-corrected chi connectivity index (χ2v) is 11.1. The summed E-state index contributed by atoms with van der Waals surface area (Å²) in [4.78, 5) is 22.0. The van der Waals surface area contributed by atoms with Crippen LogP contribution < -0.4 is 0 Å². The Morgan fingerprint density at radius 1 is 0.975 bits per heavy atom. The van der Waals surface area contributed by atoms with Crippen molar-refractivity contribution in [3.05, 3.63) is 69.8 Å². The zero-order chi connectivity index (χ0) is 28.2. The molecule has 2 fully saturated rings. The standard InChI is InChI=1S/C27H23F6N5OS/c28-26(29,30)18-3-1-16(21(13-18)27(31,32)33)12-20(15-2-6-22-17(11-15)14-34-36-22)23-24(39)35-25(40-23)38-9-7-37(8-10-38)19-4-5-19/h1-3,6,11,13-14,19H,4-5,7-10,12H2,(H,34,36). The van der Waals surface area contributed by atoms with Crippen molar-refractivity contribution in [3.63, 3.8) is 0 Å². The number of halogens is 6. The zero-order valence-electron chi connectivity index (χ0n) is 20.9. The van der Waals surface area contributed by atoms with Crippen LogP contribution in [0.4, 0.5) is 26.3 Å². The number of rotatable bonds is 4. The fraction of sp³-hybridized carbons (Fsp3) is 0.370. The highest BCUT2D eigenvalue weighted by molar-refractivity contribution is 8.18. The van der Waals surface area contributed by atoms with Crippen molar-refractivity contribution in [1.82, 2.24) is 20.0 Å². The molecule has 40 heavy (non-hydrogen) atoms. The number of amidine groups is 1. The molecule has 0 bridgehead atoms. The summed E-state index contributed by atoms with van der Waals surface area (Å²) in [5, 5.41) is 7.93. The predicted octanol–water partition coefficient (Wildman–Crippen LogP) is 5.96. The van der Waals surface area contributed by atoms with Gasteiger partial charge in [0, 0.05) is 37.6 Å². The van der Waals surface area contributed by atoms with Gasteiger partial charge in [0.25, 0.3) is 5.91 Å². The number of nitrogens with one attached hydrogen (secondary N) is 1. The third kappa shape index (κ3) is 5.36. The quantitative estimate of drug-likeness (QED) is 0.305. The first-order valence-corrected chi connectivity index (χ1v) is 13.5. The van der Waals surface area contributed by atoms with Crippen LogP contribution in [0.2, 0.25) is 0 Å². The fourth-order valence-electron chi connectivity index (χ4n) is 5.14. The van der Waals surface area contributed by atoms with E-state index in [9.17, 15) is 31.1 Å². The molecular formula is C27H23F6N5OS. The summed E-state index contributed by atoms with van der Waals surface area (Å²) >= 11 is 1.10. The molecule has 3 aromatic rings. The first kappa shape index (κ1) is 26.9. The van der Waals surface area contributed by atoms with E-state index in [1.807, 2.05) is 4.90 Å². The maximum Gasteiger partial charge on any atom is 0.416 e. The van der Waals surface area contributed by atoms with Crippen LogP contribution >= 0.6 is 11.8 Å². The molecule has 3 aliphatic rings. The summed E-state index contributed by atoms with van der Waals surface area (Å²) in [6, 6.07) is 7.26. The highest BCUT2D eigenvalue weighted by atomic mass is 32.2. The molecule has 2 aliphatic heterocycles. The van der Waals surface area contributed by atoms with Crippen molar-refractivity contribution in [2.45, 2.75) is 37.7 Å². The normalized spacial score (nSPS) is 20.4. The number of hydrogen-bond donors (Lipinski definition) is 1. The molecule has 1 aromatic heterocycles. The molecule has 6 rings (SSSR count). The highest BCUT2D eigenvalue weighted by Gasteiger charge is 2.39. The number of fused-ring (bicyclic) bond motifs is 1. The molecule has 2 aromatic carbocycles. The molecule has 0 spiro atoms.